The molecule has 4 rings (SSSR count). The number of urea groups is 1. The van der Waals surface area contributed by atoms with Crippen molar-refractivity contribution in [1.29, 1.82) is 0 Å². The van der Waals surface area contributed by atoms with Gasteiger partial charge in [-0.2, -0.15) is 0 Å². The van der Waals surface area contributed by atoms with Crippen molar-refractivity contribution in [1.82, 2.24) is 20.0 Å². The molecule has 2 heterocycles. The van der Waals surface area contributed by atoms with E-state index >= 15 is 0 Å². The first-order valence-corrected chi connectivity index (χ1v) is 13.0. The first-order valence-electron chi connectivity index (χ1n) is 12.3. The zero-order chi connectivity index (χ0) is 27.6. The number of hydrogen-bond donors (Lipinski definition) is 1. The van der Waals surface area contributed by atoms with Crippen LogP contribution in [0, 0.1) is 5.82 Å². The molecule has 3 amide bonds. The van der Waals surface area contributed by atoms with Gasteiger partial charge in [-0.15, -0.1) is 0 Å². The van der Waals surface area contributed by atoms with Crippen LogP contribution in [0.4, 0.5) is 9.18 Å². The first-order chi connectivity index (χ1) is 18.1. The third kappa shape index (κ3) is 5.65. The Morgan fingerprint density at radius 2 is 1.89 bits per heavy atom. The second-order valence-corrected chi connectivity index (χ2v) is 10.0. The minimum atomic E-state index is -0.854. The minimum Gasteiger partial charge on any atom is -0.463 e. The fourth-order valence-electron chi connectivity index (χ4n) is 4.85. The molecule has 1 fully saturated rings. The van der Waals surface area contributed by atoms with E-state index in [1.54, 1.807) is 43.1 Å². The van der Waals surface area contributed by atoms with E-state index in [0.717, 1.165) is 0 Å². The van der Waals surface area contributed by atoms with E-state index in [4.69, 9.17) is 27.9 Å². The van der Waals surface area contributed by atoms with E-state index in [9.17, 15) is 18.8 Å². The molecule has 2 aromatic rings. The van der Waals surface area contributed by atoms with Gasteiger partial charge in [0, 0.05) is 50.5 Å². The number of hydrogen-bond acceptors (Lipinski definition) is 5. The number of nitrogens with one attached hydrogen (secondary N) is 1. The largest absolute Gasteiger partial charge is 0.463 e. The molecule has 11 heteroatoms. The summed E-state index contributed by atoms with van der Waals surface area (Å²) in [5.74, 6) is -1.27. The van der Waals surface area contributed by atoms with Gasteiger partial charge in [0.05, 0.1) is 28.3 Å². The monoisotopic (exact) mass is 562 g/mol. The Kier molecular flexibility index (Phi) is 8.60. The number of amides is 3. The van der Waals surface area contributed by atoms with Gasteiger partial charge >= 0.3 is 12.0 Å². The smallest absolute Gasteiger partial charge is 0.338 e. The molecule has 1 N–H and O–H groups in total. The van der Waals surface area contributed by atoms with E-state index in [-0.39, 0.29) is 35.7 Å². The van der Waals surface area contributed by atoms with E-state index in [1.807, 2.05) is 6.92 Å². The molecule has 2 aliphatic heterocycles. The summed E-state index contributed by atoms with van der Waals surface area (Å²) in [6.07, 6.45) is 0. The summed E-state index contributed by atoms with van der Waals surface area (Å²) in [4.78, 5) is 44.4. The lowest BCUT2D eigenvalue weighted by atomic mass is 9.94. The van der Waals surface area contributed by atoms with Gasteiger partial charge in [0.25, 0.3) is 5.91 Å². The molecule has 0 saturated carbocycles. The van der Waals surface area contributed by atoms with Crippen molar-refractivity contribution in [3.05, 3.63) is 80.7 Å². The van der Waals surface area contributed by atoms with E-state index < -0.39 is 23.9 Å². The fourth-order valence-corrected chi connectivity index (χ4v) is 5.27. The van der Waals surface area contributed by atoms with Gasteiger partial charge < -0.3 is 15.0 Å². The zero-order valence-electron chi connectivity index (χ0n) is 21.3. The molecule has 2 aliphatic rings. The number of esters is 1. The average molecular weight is 563 g/mol. The van der Waals surface area contributed by atoms with Crippen LogP contribution < -0.4 is 5.32 Å². The zero-order valence-corrected chi connectivity index (χ0v) is 22.9. The van der Waals surface area contributed by atoms with Crippen LogP contribution in [0.1, 0.15) is 35.8 Å². The average Bonchev–Trinajstić information content (AvgIpc) is 2.88. The molecule has 0 spiro atoms. The van der Waals surface area contributed by atoms with E-state index in [2.05, 4.69) is 10.2 Å². The van der Waals surface area contributed by atoms with Crippen molar-refractivity contribution >= 4 is 41.1 Å². The highest BCUT2D eigenvalue weighted by Crippen LogP contribution is 2.37. The number of carbonyl (C=O) groups is 3. The third-order valence-electron chi connectivity index (χ3n) is 6.78. The normalized spacial score (nSPS) is 20.4. The van der Waals surface area contributed by atoms with Crippen LogP contribution in [0.3, 0.4) is 0 Å². The summed E-state index contributed by atoms with van der Waals surface area (Å²) < 4.78 is 19.0. The molecule has 2 unspecified atom stereocenters. The molecular formula is C27H29Cl2FN4O4. The van der Waals surface area contributed by atoms with Crippen LogP contribution in [0.5, 0.6) is 0 Å². The predicted molar refractivity (Wildman–Crippen MR) is 142 cm³/mol. The van der Waals surface area contributed by atoms with Crippen molar-refractivity contribution in [2.45, 2.75) is 25.9 Å². The maximum absolute atomic E-state index is 13.7. The van der Waals surface area contributed by atoms with Crippen molar-refractivity contribution < 1.29 is 23.5 Å². The van der Waals surface area contributed by atoms with Crippen molar-refractivity contribution in [2.75, 3.05) is 39.8 Å². The van der Waals surface area contributed by atoms with Crippen LogP contribution in [0.2, 0.25) is 10.0 Å². The Balaban J connectivity index is 1.63. The summed E-state index contributed by atoms with van der Waals surface area (Å²) in [6, 6.07) is 9.23. The van der Waals surface area contributed by atoms with Gasteiger partial charge in [0.1, 0.15) is 5.82 Å². The van der Waals surface area contributed by atoms with Crippen LogP contribution in [-0.4, -0.2) is 78.5 Å². The highest BCUT2D eigenvalue weighted by atomic mass is 35.5. The summed E-state index contributed by atoms with van der Waals surface area (Å²) >= 11 is 12.7. The minimum absolute atomic E-state index is 0.154. The highest BCUT2D eigenvalue weighted by molar-refractivity contribution is 6.42. The van der Waals surface area contributed by atoms with Gasteiger partial charge in [-0.1, -0.05) is 41.4 Å². The van der Waals surface area contributed by atoms with Crippen LogP contribution in [-0.2, 0) is 9.53 Å². The molecule has 38 heavy (non-hydrogen) atoms. The molecule has 202 valence electrons. The Morgan fingerprint density at radius 1 is 1.16 bits per heavy atom. The first kappa shape index (κ1) is 27.9. The highest BCUT2D eigenvalue weighted by Gasteiger charge is 2.39. The Hall–Kier alpha value is -3.14. The SMILES string of the molecule is CCOC(=O)C1=C(CN2CCN(C(=O)c3cccc(F)c3)C(C)C2)N(C)C(=O)NC1c1cccc(Cl)c1Cl. The lowest BCUT2D eigenvalue weighted by Crippen LogP contribution is -2.56. The Bertz CT molecular complexity index is 1290. The fraction of sp³-hybridized carbons (Fsp3) is 0.370. The lowest BCUT2D eigenvalue weighted by molar-refractivity contribution is -0.139. The van der Waals surface area contributed by atoms with Crippen LogP contribution in [0.25, 0.3) is 0 Å². The number of benzene rings is 2. The number of carbonyl (C=O) groups excluding carboxylic acids is 3. The standard InChI is InChI=1S/C27H29Cl2FN4O4/c1-4-38-26(36)22-21(32(3)27(37)31-24(22)19-9-6-10-20(28)23(19)29)15-33-11-12-34(16(2)14-33)25(35)17-7-5-8-18(30)13-17/h5-10,13,16,24H,4,11-12,14-15H2,1-3H3,(H,31,37). The molecule has 1 saturated heterocycles. The van der Waals surface area contributed by atoms with Gasteiger partial charge in [0.2, 0.25) is 0 Å². The van der Waals surface area contributed by atoms with E-state index in [0.29, 0.717) is 41.5 Å². The van der Waals surface area contributed by atoms with Crippen LogP contribution in [0.15, 0.2) is 53.7 Å². The summed E-state index contributed by atoms with van der Waals surface area (Å²) in [5.41, 5.74) is 1.52. The summed E-state index contributed by atoms with van der Waals surface area (Å²) in [5, 5.41) is 3.38. The van der Waals surface area contributed by atoms with Gasteiger partial charge in [-0.05, 0) is 43.7 Å². The third-order valence-corrected chi connectivity index (χ3v) is 7.62. The molecule has 2 atom stereocenters. The molecule has 0 aliphatic carbocycles. The summed E-state index contributed by atoms with van der Waals surface area (Å²) in [7, 11) is 1.59. The number of rotatable bonds is 6. The molecule has 0 bridgehead atoms. The Morgan fingerprint density at radius 3 is 2.58 bits per heavy atom. The molecule has 2 aromatic carbocycles. The number of nitrogens with zero attached hydrogens (tertiary/aromatic N) is 3. The van der Waals surface area contributed by atoms with Crippen molar-refractivity contribution in [2.24, 2.45) is 0 Å². The molecule has 0 radical (unpaired) electrons. The number of halogens is 3. The molecular weight excluding hydrogens is 534 g/mol. The van der Waals surface area contributed by atoms with Crippen molar-refractivity contribution in [3.63, 3.8) is 0 Å². The number of likely N-dealkylation sites (N-methyl/N-ethyl adjacent to an activating group) is 1. The van der Waals surface area contributed by atoms with Gasteiger partial charge in [0.15, 0.2) is 0 Å². The predicted octanol–water partition coefficient (Wildman–Crippen LogP) is 4.49. The van der Waals surface area contributed by atoms with E-state index in [1.165, 1.54) is 23.1 Å². The maximum atomic E-state index is 13.7. The van der Waals surface area contributed by atoms with Crippen LogP contribution >= 0.6 is 23.2 Å². The van der Waals surface area contributed by atoms with Crippen molar-refractivity contribution in [3.8, 4) is 0 Å². The van der Waals surface area contributed by atoms with Gasteiger partial charge in [-0.3, -0.25) is 14.6 Å². The quantitative estimate of drug-likeness (QED) is 0.524. The maximum Gasteiger partial charge on any atom is 0.338 e. The molecule has 0 aromatic heterocycles. The number of piperazine rings is 1. The van der Waals surface area contributed by atoms with Gasteiger partial charge in [-0.25, -0.2) is 14.0 Å². The lowest BCUT2D eigenvalue weighted by Gasteiger charge is -2.42. The Labute approximate surface area is 230 Å². The topological polar surface area (TPSA) is 82.2 Å². The number of ether oxygens (including phenoxy) is 1. The molecule has 8 nitrogen and oxygen atoms in total. The second-order valence-electron chi connectivity index (χ2n) is 9.26. The summed E-state index contributed by atoms with van der Waals surface area (Å²) in [6.45, 7) is 5.41. The second kappa shape index (κ2) is 11.7.